The predicted molar refractivity (Wildman–Crippen MR) is 99.8 cm³/mol. The lowest BCUT2D eigenvalue weighted by Gasteiger charge is -2.36. The zero-order chi connectivity index (χ0) is 17.3. The average molecular weight is 324 g/mol. The molecule has 2 aromatic rings. The molecule has 0 saturated carbocycles. The van der Waals surface area contributed by atoms with Crippen LogP contribution in [0.2, 0.25) is 0 Å². The molecule has 0 fully saturated rings. The smallest absolute Gasteiger partial charge is 0.0717 e. The summed E-state index contributed by atoms with van der Waals surface area (Å²) in [6.45, 7) is 7.09. The summed E-state index contributed by atoms with van der Waals surface area (Å²) >= 11 is 0. The number of aliphatic hydroxyl groups excluding tert-OH is 1. The number of hydrogen-bond acceptors (Lipinski definition) is 2. The van der Waals surface area contributed by atoms with Crippen LogP contribution in [0.15, 0.2) is 73.3 Å². The molecule has 0 aliphatic heterocycles. The van der Waals surface area contributed by atoms with Crippen molar-refractivity contribution in [1.29, 1.82) is 0 Å². The molecule has 0 bridgehead atoms. The second-order valence-corrected chi connectivity index (χ2v) is 6.39. The Morgan fingerprint density at radius 2 is 1.62 bits per heavy atom. The van der Waals surface area contributed by atoms with E-state index in [1.54, 1.807) is 0 Å². The summed E-state index contributed by atoms with van der Waals surface area (Å²) in [6.07, 6.45) is 3.66. The Morgan fingerprint density at radius 1 is 1.04 bits per heavy atom. The van der Waals surface area contributed by atoms with E-state index in [-0.39, 0.29) is 5.41 Å². The minimum atomic E-state index is -0.460. The Bertz CT molecular complexity index is 594. The van der Waals surface area contributed by atoms with Gasteiger partial charge in [0.2, 0.25) is 0 Å². The van der Waals surface area contributed by atoms with Crippen LogP contribution in [-0.4, -0.2) is 17.8 Å². The summed E-state index contributed by atoms with van der Waals surface area (Å²) in [5.41, 5.74) is 2.00. The quantitative estimate of drug-likeness (QED) is 0.637. The maximum Gasteiger partial charge on any atom is 0.0717 e. The molecule has 0 radical (unpaired) electrons. The highest BCUT2D eigenvalue weighted by atomic mass is 16.5. The first-order valence-electron chi connectivity index (χ1n) is 8.65. The molecule has 0 aromatic heterocycles. The monoisotopic (exact) mass is 324 g/mol. The Labute approximate surface area is 145 Å². The van der Waals surface area contributed by atoms with E-state index in [9.17, 15) is 5.11 Å². The van der Waals surface area contributed by atoms with Crippen molar-refractivity contribution in [2.75, 3.05) is 6.61 Å². The van der Waals surface area contributed by atoms with Crippen molar-refractivity contribution in [3.63, 3.8) is 0 Å². The summed E-state index contributed by atoms with van der Waals surface area (Å²) in [5.74, 6) is 0. The van der Waals surface area contributed by atoms with Gasteiger partial charge < -0.3 is 9.84 Å². The highest BCUT2D eigenvalue weighted by molar-refractivity contribution is 5.16. The molecule has 0 aliphatic carbocycles. The van der Waals surface area contributed by atoms with Gasteiger partial charge in [-0.3, -0.25) is 0 Å². The van der Waals surface area contributed by atoms with Gasteiger partial charge in [-0.25, -0.2) is 0 Å². The molecule has 0 aliphatic rings. The molecular formula is C22H28O2. The summed E-state index contributed by atoms with van der Waals surface area (Å²) in [6, 6.07) is 20.3. The van der Waals surface area contributed by atoms with Crippen molar-refractivity contribution in [3.05, 3.63) is 84.4 Å². The minimum absolute atomic E-state index is 0.299. The third-order valence-corrected chi connectivity index (χ3v) is 4.73. The van der Waals surface area contributed by atoms with Crippen molar-refractivity contribution >= 4 is 0 Å². The van der Waals surface area contributed by atoms with E-state index in [1.165, 1.54) is 0 Å². The van der Waals surface area contributed by atoms with E-state index in [4.69, 9.17) is 4.74 Å². The van der Waals surface area contributed by atoms with Crippen molar-refractivity contribution < 1.29 is 9.84 Å². The van der Waals surface area contributed by atoms with Gasteiger partial charge in [-0.15, -0.1) is 6.58 Å². The van der Waals surface area contributed by atoms with Crippen LogP contribution in [0.3, 0.4) is 0 Å². The highest BCUT2D eigenvalue weighted by Crippen LogP contribution is 2.34. The lowest BCUT2D eigenvalue weighted by molar-refractivity contribution is -0.0509. The van der Waals surface area contributed by atoms with E-state index in [1.807, 2.05) is 42.5 Å². The van der Waals surface area contributed by atoms with Crippen molar-refractivity contribution in [1.82, 2.24) is 0 Å². The third-order valence-electron chi connectivity index (χ3n) is 4.73. The standard InChI is InChI=1S/C22H28O2/c1-3-15-22(4-2,18-24-17-20-13-9-6-10-14-20)21(23)16-19-11-7-5-8-12-19/h3,5-14,21,23H,1,4,15-18H2,2H3/t21-,22+/m1/s1. The molecule has 0 saturated heterocycles. The molecule has 0 spiro atoms. The van der Waals surface area contributed by atoms with Crippen molar-refractivity contribution in [2.24, 2.45) is 5.41 Å². The fraction of sp³-hybridized carbons (Fsp3) is 0.364. The third kappa shape index (κ3) is 5.05. The predicted octanol–water partition coefficient (Wildman–Crippen LogP) is 4.78. The van der Waals surface area contributed by atoms with Crippen LogP contribution in [0.1, 0.15) is 30.9 Å². The fourth-order valence-electron chi connectivity index (χ4n) is 3.06. The van der Waals surface area contributed by atoms with E-state index in [0.717, 1.165) is 24.0 Å². The molecule has 0 unspecified atom stereocenters. The topological polar surface area (TPSA) is 29.5 Å². The van der Waals surface area contributed by atoms with Crippen LogP contribution in [0.25, 0.3) is 0 Å². The summed E-state index contributed by atoms with van der Waals surface area (Å²) in [5, 5.41) is 10.9. The Morgan fingerprint density at radius 3 is 2.17 bits per heavy atom. The lowest BCUT2D eigenvalue weighted by atomic mass is 9.75. The lowest BCUT2D eigenvalue weighted by Crippen LogP contribution is -2.40. The van der Waals surface area contributed by atoms with Gasteiger partial charge in [-0.2, -0.15) is 0 Å². The van der Waals surface area contributed by atoms with E-state index in [0.29, 0.717) is 19.6 Å². The zero-order valence-corrected chi connectivity index (χ0v) is 14.5. The minimum Gasteiger partial charge on any atom is -0.392 e. The number of ether oxygens (including phenoxy) is 1. The van der Waals surface area contributed by atoms with Crippen LogP contribution in [0.4, 0.5) is 0 Å². The first-order chi connectivity index (χ1) is 11.7. The number of hydrogen-bond donors (Lipinski definition) is 1. The van der Waals surface area contributed by atoms with E-state index >= 15 is 0 Å². The molecular weight excluding hydrogens is 296 g/mol. The Hall–Kier alpha value is -1.90. The van der Waals surface area contributed by atoms with Crippen LogP contribution >= 0.6 is 0 Å². The molecule has 1 N–H and O–H groups in total. The van der Waals surface area contributed by atoms with Crippen LogP contribution in [0.5, 0.6) is 0 Å². The van der Waals surface area contributed by atoms with Gasteiger partial charge >= 0.3 is 0 Å². The van der Waals surface area contributed by atoms with Gasteiger partial charge in [-0.1, -0.05) is 73.7 Å². The van der Waals surface area contributed by atoms with Gasteiger partial charge in [-0.05, 0) is 30.4 Å². The molecule has 0 heterocycles. The van der Waals surface area contributed by atoms with Gasteiger partial charge in [0.05, 0.1) is 19.3 Å². The average Bonchev–Trinajstić information content (AvgIpc) is 2.62. The van der Waals surface area contributed by atoms with Gasteiger partial charge in [0.15, 0.2) is 0 Å². The zero-order valence-electron chi connectivity index (χ0n) is 14.5. The van der Waals surface area contributed by atoms with Crippen molar-refractivity contribution in [3.8, 4) is 0 Å². The fourth-order valence-corrected chi connectivity index (χ4v) is 3.06. The number of benzene rings is 2. The first kappa shape index (κ1) is 18.4. The highest BCUT2D eigenvalue weighted by Gasteiger charge is 2.35. The number of rotatable bonds is 10. The van der Waals surface area contributed by atoms with E-state index in [2.05, 4.69) is 37.8 Å². The second kappa shape index (κ2) is 9.41. The van der Waals surface area contributed by atoms with Crippen molar-refractivity contribution in [2.45, 2.75) is 38.9 Å². The molecule has 2 atom stereocenters. The van der Waals surface area contributed by atoms with Gasteiger partial charge in [0.25, 0.3) is 0 Å². The molecule has 24 heavy (non-hydrogen) atoms. The van der Waals surface area contributed by atoms with Crippen LogP contribution in [0, 0.1) is 5.41 Å². The summed E-state index contributed by atoms with van der Waals surface area (Å²) < 4.78 is 5.98. The van der Waals surface area contributed by atoms with Crippen LogP contribution in [-0.2, 0) is 17.8 Å². The normalized spacial score (nSPS) is 14.8. The SMILES string of the molecule is C=CC[C@@](CC)(COCc1ccccc1)[C@H](O)Cc1ccccc1. The van der Waals surface area contributed by atoms with E-state index < -0.39 is 6.10 Å². The van der Waals surface area contributed by atoms with Crippen LogP contribution < -0.4 is 0 Å². The number of allylic oxidation sites excluding steroid dienone is 1. The molecule has 2 heteroatoms. The maximum atomic E-state index is 10.9. The van der Waals surface area contributed by atoms with Gasteiger partial charge in [0, 0.05) is 5.41 Å². The Balaban J connectivity index is 2.02. The number of aliphatic hydroxyl groups is 1. The molecule has 2 nitrogen and oxygen atoms in total. The Kier molecular flexibility index (Phi) is 7.23. The maximum absolute atomic E-state index is 10.9. The molecule has 2 rings (SSSR count). The summed E-state index contributed by atoms with van der Waals surface area (Å²) in [7, 11) is 0. The molecule has 2 aromatic carbocycles. The second-order valence-electron chi connectivity index (χ2n) is 6.39. The first-order valence-corrected chi connectivity index (χ1v) is 8.65. The largest absolute Gasteiger partial charge is 0.392 e. The molecule has 0 amide bonds. The summed E-state index contributed by atoms with van der Waals surface area (Å²) in [4.78, 5) is 0. The van der Waals surface area contributed by atoms with Gasteiger partial charge in [0.1, 0.15) is 0 Å². The molecule has 128 valence electrons.